The van der Waals surface area contributed by atoms with Crippen LogP contribution < -0.4 is 10.0 Å². The minimum atomic E-state index is -4.33. The summed E-state index contributed by atoms with van der Waals surface area (Å²) in [5, 5.41) is 2.91. The van der Waals surface area contributed by atoms with E-state index in [2.05, 4.69) is 10.0 Å². The quantitative estimate of drug-likeness (QED) is 0.859. The van der Waals surface area contributed by atoms with Crippen molar-refractivity contribution in [1.29, 1.82) is 0 Å². The third kappa shape index (κ3) is 2.65. The van der Waals surface area contributed by atoms with E-state index in [0.717, 1.165) is 0 Å². The van der Waals surface area contributed by atoms with E-state index in [4.69, 9.17) is 0 Å². The minimum absolute atomic E-state index is 0.338. The highest BCUT2D eigenvalue weighted by Gasteiger charge is 2.28. The maximum atomic E-state index is 13.4. The van der Waals surface area contributed by atoms with Crippen LogP contribution in [0.25, 0.3) is 0 Å². The third-order valence-electron chi connectivity index (χ3n) is 2.61. The second-order valence-corrected chi connectivity index (χ2v) is 5.66. The molecular formula is C10H11F3N2O2S. The molecule has 2 N–H and O–H groups in total. The summed E-state index contributed by atoms with van der Waals surface area (Å²) in [6.45, 7) is 1.02. The summed E-state index contributed by atoms with van der Waals surface area (Å²) >= 11 is 0. The summed E-state index contributed by atoms with van der Waals surface area (Å²) in [5.74, 6) is -4.04. The van der Waals surface area contributed by atoms with Gasteiger partial charge in [-0.3, -0.25) is 0 Å². The maximum Gasteiger partial charge on any atom is 0.246 e. The fourth-order valence-electron chi connectivity index (χ4n) is 1.82. The molecule has 0 radical (unpaired) electrons. The molecule has 1 aromatic carbocycles. The van der Waals surface area contributed by atoms with Crippen molar-refractivity contribution in [3.05, 3.63) is 29.6 Å². The van der Waals surface area contributed by atoms with Gasteiger partial charge in [0.25, 0.3) is 0 Å². The molecule has 0 bridgehead atoms. The lowest BCUT2D eigenvalue weighted by molar-refractivity contribution is 0.490. The zero-order valence-corrected chi connectivity index (χ0v) is 10.0. The Morgan fingerprint density at radius 1 is 1.22 bits per heavy atom. The van der Waals surface area contributed by atoms with Crippen molar-refractivity contribution < 1.29 is 21.6 Å². The van der Waals surface area contributed by atoms with Crippen LogP contribution in [0.15, 0.2) is 17.0 Å². The standard InChI is InChI=1S/C10H11F3N2O2S/c11-6-3-8(12)10(9(13)4-6)18(16,17)15-7-1-2-14-5-7/h3-4,7,14-15H,1-2,5H2/t7-/m1/s1. The predicted molar refractivity (Wildman–Crippen MR) is 57.9 cm³/mol. The topological polar surface area (TPSA) is 58.2 Å². The smallest absolute Gasteiger partial charge is 0.246 e. The summed E-state index contributed by atoms with van der Waals surface area (Å²) in [6, 6.07) is 0.258. The molecule has 4 nitrogen and oxygen atoms in total. The molecule has 0 aromatic heterocycles. The number of benzene rings is 1. The molecule has 18 heavy (non-hydrogen) atoms. The Hall–Kier alpha value is -1.12. The van der Waals surface area contributed by atoms with Gasteiger partial charge in [0.2, 0.25) is 10.0 Å². The van der Waals surface area contributed by atoms with E-state index in [0.29, 0.717) is 31.6 Å². The van der Waals surface area contributed by atoms with Crippen LogP contribution in [0.2, 0.25) is 0 Å². The molecular weight excluding hydrogens is 269 g/mol. The van der Waals surface area contributed by atoms with Crippen LogP contribution in [-0.2, 0) is 10.0 Å². The second-order valence-electron chi connectivity index (χ2n) is 4.01. The van der Waals surface area contributed by atoms with Crippen molar-refractivity contribution in [2.24, 2.45) is 0 Å². The monoisotopic (exact) mass is 280 g/mol. The van der Waals surface area contributed by atoms with E-state index >= 15 is 0 Å². The first-order chi connectivity index (χ1) is 8.40. The molecule has 0 spiro atoms. The summed E-state index contributed by atoms with van der Waals surface area (Å²) in [7, 11) is -4.33. The number of sulfonamides is 1. The average Bonchev–Trinajstić information content (AvgIpc) is 2.66. The zero-order valence-electron chi connectivity index (χ0n) is 9.21. The average molecular weight is 280 g/mol. The van der Waals surface area contributed by atoms with Crippen LogP contribution in [0, 0.1) is 17.5 Å². The van der Waals surface area contributed by atoms with Gasteiger partial charge in [-0.2, -0.15) is 0 Å². The Balaban J connectivity index is 2.34. The highest BCUT2D eigenvalue weighted by atomic mass is 32.2. The van der Waals surface area contributed by atoms with Gasteiger partial charge in [-0.25, -0.2) is 26.3 Å². The first-order valence-electron chi connectivity index (χ1n) is 5.28. The van der Waals surface area contributed by atoms with Crippen LogP contribution in [0.5, 0.6) is 0 Å². The van der Waals surface area contributed by atoms with E-state index in [1.54, 1.807) is 0 Å². The van der Waals surface area contributed by atoms with Crippen LogP contribution >= 0.6 is 0 Å². The van der Waals surface area contributed by atoms with Gasteiger partial charge < -0.3 is 5.32 Å². The summed E-state index contributed by atoms with van der Waals surface area (Å²) < 4.78 is 65.2. The molecule has 1 aromatic rings. The molecule has 0 aliphatic carbocycles. The van der Waals surface area contributed by atoms with Gasteiger partial charge >= 0.3 is 0 Å². The van der Waals surface area contributed by atoms with Gasteiger partial charge in [-0.1, -0.05) is 0 Å². The van der Waals surface area contributed by atoms with Crippen molar-refractivity contribution in [1.82, 2.24) is 10.0 Å². The second kappa shape index (κ2) is 4.87. The van der Waals surface area contributed by atoms with E-state index in [9.17, 15) is 21.6 Å². The summed E-state index contributed by atoms with van der Waals surface area (Å²) in [4.78, 5) is -1.14. The fraction of sp³-hybridized carbons (Fsp3) is 0.400. The van der Waals surface area contributed by atoms with E-state index in [-0.39, 0.29) is 0 Å². The molecule has 0 saturated carbocycles. The van der Waals surface area contributed by atoms with Gasteiger partial charge in [-0.15, -0.1) is 0 Å². The van der Waals surface area contributed by atoms with Crippen LogP contribution in [0.1, 0.15) is 6.42 Å². The lowest BCUT2D eigenvalue weighted by Gasteiger charge is -2.13. The number of nitrogens with one attached hydrogen (secondary N) is 2. The molecule has 1 aliphatic rings. The van der Waals surface area contributed by atoms with Gasteiger partial charge in [-0.05, 0) is 13.0 Å². The summed E-state index contributed by atoms with van der Waals surface area (Å²) in [5.41, 5.74) is 0. The Kier molecular flexibility index (Phi) is 3.60. The van der Waals surface area contributed by atoms with Crippen molar-refractivity contribution in [3.8, 4) is 0 Å². The van der Waals surface area contributed by atoms with Gasteiger partial charge in [0, 0.05) is 24.7 Å². The van der Waals surface area contributed by atoms with Crippen LogP contribution in [-0.4, -0.2) is 27.5 Å². The maximum absolute atomic E-state index is 13.4. The predicted octanol–water partition coefficient (Wildman–Crippen LogP) is 0.744. The molecule has 1 heterocycles. The van der Waals surface area contributed by atoms with Gasteiger partial charge in [0.15, 0.2) is 4.90 Å². The third-order valence-corrected chi connectivity index (χ3v) is 4.19. The molecule has 1 saturated heterocycles. The first kappa shape index (κ1) is 13.3. The highest BCUT2D eigenvalue weighted by Crippen LogP contribution is 2.20. The zero-order chi connectivity index (χ0) is 13.3. The SMILES string of the molecule is O=S(=O)(N[C@@H]1CCNC1)c1c(F)cc(F)cc1F. The highest BCUT2D eigenvalue weighted by molar-refractivity contribution is 7.89. The van der Waals surface area contributed by atoms with Crippen LogP contribution in [0.4, 0.5) is 13.2 Å². The number of hydrogen-bond acceptors (Lipinski definition) is 3. The Labute approximate surface area is 102 Å². The molecule has 2 rings (SSSR count). The van der Waals surface area contributed by atoms with Crippen molar-refractivity contribution in [2.45, 2.75) is 17.4 Å². The first-order valence-corrected chi connectivity index (χ1v) is 6.76. The summed E-state index contributed by atoms with van der Waals surface area (Å²) in [6.07, 6.45) is 0.531. The molecule has 8 heteroatoms. The lowest BCUT2D eigenvalue weighted by Crippen LogP contribution is -2.37. The molecule has 0 unspecified atom stereocenters. The van der Waals surface area contributed by atoms with Gasteiger partial charge in [0.05, 0.1) is 0 Å². The van der Waals surface area contributed by atoms with E-state index < -0.39 is 38.4 Å². The number of halogens is 3. The van der Waals surface area contributed by atoms with Crippen molar-refractivity contribution in [2.75, 3.05) is 13.1 Å². The molecule has 0 amide bonds. The Morgan fingerprint density at radius 2 is 1.83 bits per heavy atom. The Morgan fingerprint density at radius 3 is 2.33 bits per heavy atom. The molecule has 1 atom stereocenters. The number of hydrogen-bond donors (Lipinski definition) is 2. The normalized spacial score (nSPS) is 20.3. The Bertz CT molecular complexity index is 533. The van der Waals surface area contributed by atoms with Crippen molar-refractivity contribution >= 4 is 10.0 Å². The van der Waals surface area contributed by atoms with E-state index in [1.807, 2.05) is 0 Å². The molecule has 1 aliphatic heterocycles. The van der Waals surface area contributed by atoms with Crippen LogP contribution in [0.3, 0.4) is 0 Å². The largest absolute Gasteiger partial charge is 0.315 e. The van der Waals surface area contributed by atoms with E-state index in [1.165, 1.54) is 0 Å². The van der Waals surface area contributed by atoms with Crippen molar-refractivity contribution in [3.63, 3.8) is 0 Å². The molecule has 100 valence electrons. The number of rotatable bonds is 3. The fourth-order valence-corrected chi connectivity index (χ4v) is 3.21. The minimum Gasteiger partial charge on any atom is -0.315 e. The lowest BCUT2D eigenvalue weighted by atomic mass is 10.3. The van der Waals surface area contributed by atoms with Gasteiger partial charge in [0.1, 0.15) is 17.5 Å². The molecule has 1 fully saturated rings.